The first-order valence-corrected chi connectivity index (χ1v) is 9.96. The van der Waals surface area contributed by atoms with Crippen molar-refractivity contribution in [3.63, 3.8) is 0 Å². The van der Waals surface area contributed by atoms with Crippen molar-refractivity contribution in [2.75, 3.05) is 11.3 Å². The van der Waals surface area contributed by atoms with Crippen LogP contribution in [0.4, 0.5) is 5.69 Å². The van der Waals surface area contributed by atoms with Gasteiger partial charge < -0.3 is 9.47 Å². The molecule has 2 heterocycles. The molecule has 1 unspecified atom stereocenters. The lowest BCUT2D eigenvalue weighted by atomic mass is 10.2. The van der Waals surface area contributed by atoms with E-state index in [1.54, 1.807) is 10.9 Å². The minimum atomic E-state index is -3.77. The van der Waals surface area contributed by atoms with E-state index in [0.717, 1.165) is 0 Å². The summed E-state index contributed by atoms with van der Waals surface area (Å²) in [7, 11) is -3.77. The van der Waals surface area contributed by atoms with E-state index in [2.05, 4.69) is 9.82 Å². The SMILES string of the molecule is N#Cc1ccc(S(=O)(=O)Nc2cnn(CC3COc4ccccc4O3)c2)cc1. The van der Waals surface area contributed by atoms with Crippen molar-refractivity contribution in [3.8, 4) is 17.6 Å². The Labute approximate surface area is 162 Å². The highest BCUT2D eigenvalue weighted by atomic mass is 32.2. The molecule has 0 radical (unpaired) electrons. The first-order valence-electron chi connectivity index (χ1n) is 8.47. The smallest absolute Gasteiger partial charge is 0.261 e. The van der Waals surface area contributed by atoms with Gasteiger partial charge in [0.25, 0.3) is 10.0 Å². The molecular weight excluding hydrogens is 380 g/mol. The van der Waals surface area contributed by atoms with E-state index in [4.69, 9.17) is 14.7 Å². The quantitative estimate of drug-likeness (QED) is 0.710. The molecule has 0 bridgehead atoms. The first kappa shape index (κ1) is 17.9. The third-order valence-electron chi connectivity index (χ3n) is 4.14. The zero-order chi connectivity index (χ0) is 19.6. The molecule has 0 spiro atoms. The summed E-state index contributed by atoms with van der Waals surface area (Å²) in [5.41, 5.74) is 0.726. The molecule has 1 aromatic heterocycles. The van der Waals surface area contributed by atoms with Crippen LogP contribution in [-0.4, -0.2) is 30.9 Å². The molecule has 0 saturated heterocycles. The second-order valence-corrected chi connectivity index (χ2v) is 7.87. The molecule has 8 nitrogen and oxygen atoms in total. The van der Waals surface area contributed by atoms with Gasteiger partial charge in [0.15, 0.2) is 17.6 Å². The van der Waals surface area contributed by atoms with Crippen LogP contribution in [0.1, 0.15) is 5.56 Å². The highest BCUT2D eigenvalue weighted by molar-refractivity contribution is 7.92. The molecule has 142 valence electrons. The van der Waals surface area contributed by atoms with Crippen LogP contribution in [0.3, 0.4) is 0 Å². The molecule has 1 aliphatic rings. The summed E-state index contributed by atoms with van der Waals surface area (Å²) in [6.07, 6.45) is 2.78. The lowest BCUT2D eigenvalue weighted by molar-refractivity contribution is 0.0759. The molecule has 1 N–H and O–H groups in total. The summed E-state index contributed by atoms with van der Waals surface area (Å²) in [5.74, 6) is 1.38. The number of fused-ring (bicyclic) bond motifs is 1. The van der Waals surface area contributed by atoms with Gasteiger partial charge in [-0.2, -0.15) is 10.4 Å². The number of nitrogens with one attached hydrogen (secondary N) is 1. The predicted molar refractivity (Wildman–Crippen MR) is 101 cm³/mol. The van der Waals surface area contributed by atoms with Gasteiger partial charge in [-0.1, -0.05) is 12.1 Å². The fourth-order valence-corrected chi connectivity index (χ4v) is 3.83. The van der Waals surface area contributed by atoms with Crippen molar-refractivity contribution < 1.29 is 17.9 Å². The zero-order valence-electron chi connectivity index (χ0n) is 14.6. The third kappa shape index (κ3) is 3.77. The van der Waals surface area contributed by atoms with E-state index in [0.29, 0.717) is 35.9 Å². The van der Waals surface area contributed by atoms with Gasteiger partial charge in [-0.3, -0.25) is 9.40 Å². The second-order valence-electron chi connectivity index (χ2n) is 6.19. The van der Waals surface area contributed by atoms with Crippen molar-refractivity contribution >= 4 is 15.7 Å². The average Bonchev–Trinajstić information content (AvgIpc) is 3.14. The van der Waals surface area contributed by atoms with Crippen LogP contribution in [0, 0.1) is 11.3 Å². The third-order valence-corrected chi connectivity index (χ3v) is 5.53. The van der Waals surface area contributed by atoms with Crippen LogP contribution in [0.15, 0.2) is 65.8 Å². The molecule has 4 rings (SSSR count). The highest BCUT2D eigenvalue weighted by Crippen LogP contribution is 2.31. The number of nitrogens with zero attached hydrogens (tertiary/aromatic N) is 3. The van der Waals surface area contributed by atoms with Crippen LogP contribution < -0.4 is 14.2 Å². The summed E-state index contributed by atoms with van der Waals surface area (Å²) in [6, 6.07) is 15.1. The fraction of sp³-hybridized carbons (Fsp3) is 0.158. The molecule has 9 heteroatoms. The van der Waals surface area contributed by atoms with Crippen molar-refractivity contribution in [1.29, 1.82) is 5.26 Å². The molecule has 28 heavy (non-hydrogen) atoms. The Kier molecular flexibility index (Phi) is 4.63. The van der Waals surface area contributed by atoms with Gasteiger partial charge in [-0.25, -0.2) is 8.42 Å². The Hall–Kier alpha value is -3.51. The summed E-state index contributed by atoms with van der Waals surface area (Å²) in [6.45, 7) is 0.788. The Balaban J connectivity index is 1.42. The number of para-hydroxylation sites is 2. The molecular formula is C19H16N4O4S. The number of anilines is 1. The zero-order valence-corrected chi connectivity index (χ0v) is 15.5. The topological polar surface area (TPSA) is 106 Å². The number of nitriles is 1. The van der Waals surface area contributed by atoms with Gasteiger partial charge in [0, 0.05) is 6.20 Å². The molecule has 2 aromatic carbocycles. The number of aromatic nitrogens is 2. The van der Waals surface area contributed by atoms with Crippen LogP contribution in [0.25, 0.3) is 0 Å². The van der Waals surface area contributed by atoms with Crippen LogP contribution in [0.5, 0.6) is 11.5 Å². The Bertz CT molecular complexity index is 1130. The number of ether oxygens (including phenoxy) is 2. The number of sulfonamides is 1. The first-order chi connectivity index (χ1) is 13.5. The molecule has 0 saturated carbocycles. The normalized spacial score (nSPS) is 15.6. The molecule has 0 aliphatic carbocycles. The van der Waals surface area contributed by atoms with Crippen LogP contribution >= 0.6 is 0 Å². The maximum atomic E-state index is 12.5. The van der Waals surface area contributed by atoms with Crippen molar-refractivity contribution in [3.05, 3.63) is 66.5 Å². The van der Waals surface area contributed by atoms with Gasteiger partial charge in [-0.15, -0.1) is 0 Å². The molecule has 0 amide bonds. The van der Waals surface area contributed by atoms with Gasteiger partial charge in [0.05, 0.1) is 35.0 Å². The summed E-state index contributed by atoms with van der Waals surface area (Å²) in [4.78, 5) is 0.0693. The molecule has 1 aliphatic heterocycles. The van der Waals surface area contributed by atoms with E-state index in [1.807, 2.05) is 30.3 Å². The van der Waals surface area contributed by atoms with E-state index in [1.165, 1.54) is 30.5 Å². The van der Waals surface area contributed by atoms with Crippen LogP contribution in [0.2, 0.25) is 0 Å². The lowest BCUT2D eigenvalue weighted by Gasteiger charge is -2.26. The monoisotopic (exact) mass is 396 g/mol. The number of benzene rings is 2. The maximum Gasteiger partial charge on any atom is 0.261 e. The largest absolute Gasteiger partial charge is 0.486 e. The fourth-order valence-electron chi connectivity index (χ4n) is 2.80. The van der Waals surface area contributed by atoms with Gasteiger partial charge in [-0.05, 0) is 36.4 Å². The van der Waals surface area contributed by atoms with E-state index < -0.39 is 10.0 Å². The molecule has 0 fully saturated rings. The Morgan fingerprint density at radius 1 is 1.18 bits per heavy atom. The Morgan fingerprint density at radius 3 is 2.68 bits per heavy atom. The summed E-state index contributed by atoms with van der Waals surface area (Å²) >= 11 is 0. The maximum absolute atomic E-state index is 12.5. The minimum absolute atomic E-state index is 0.0693. The van der Waals surface area contributed by atoms with Gasteiger partial charge in [0.2, 0.25) is 0 Å². The highest BCUT2D eigenvalue weighted by Gasteiger charge is 2.22. The standard InChI is InChI=1S/C19H16N4O4S/c20-9-14-5-7-17(8-6-14)28(24,25)22-15-10-21-23(11-15)12-16-13-26-18-3-1-2-4-19(18)27-16/h1-8,10-11,16,22H,12-13H2. The number of rotatable bonds is 5. The van der Waals surface area contributed by atoms with Crippen molar-refractivity contribution in [2.45, 2.75) is 17.5 Å². The summed E-state index contributed by atoms with van der Waals surface area (Å²) in [5, 5.41) is 13.0. The van der Waals surface area contributed by atoms with Gasteiger partial charge in [0.1, 0.15) is 6.61 Å². The average molecular weight is 396 g/mol. The summed E-state index contributed by atoms with van der Waals surface area (Å²) < 4.78 is 40.6. The van der Waals surface area contributed by atoms with Gasteiger partial charge >= 0.3 is 0 Å². The molecule has 3 aromatic rings. The Morgan fingerprint density at radius 2 is 1.93 bits per heavy atom. The van der Waals surface area contributed by atoms with E-state index >= 15 is 0 Å². The number of hydrogen-bond acceptors (Lipinski definition) is 6. The van der Waals surface area contributed by atoms with E-state index in [-0.39, 0.29) is 11.0 Å². The second kappa shape index (κ2) is 7.25. The number of hydrogen-bond donors (Lipinski definition) is 1. The molecule has 1 atom stereocenters. The van der Waals surface area contributed by atoms with Crippen LogP contribution in [-0.2, 0) is 16.6 Å². The van der Waals surface area contributed by atoms with Crippen molar-refractivity contribution in [2.24, 2.45) is 0 Å². The predicted octanol–water partition coefficient (Wildman–Crippen LogP) is 2.40. The lowest BCUT2D eigenvalue weighted by Crippen LogP contribution is -2.33. The van der Waals surface area contributed by atoms with Crippen molar-refractivity contribution in [1.82, 2.24) is 9.78 Å². The van der Waals surface area contributed by atoms with E-state index in [9.17, 15) is 8.42 Å². The minimum Gasteiger partial charge on any atom is -0.486 e.